The normalized spacial score (nSPS) is 18.7. The van der Waals surface area contributed by atoms with Crippen LogP contribution in [0.25, 0.3) is 0 Å². The highest BCUT2D eigenvalue weighted by molar-refractivity contribution is 7.12. The fourth-order valence-electron chi connectivity index (χ4n) is 2.86. The molecule has 0 saturated carbocycles. The maximum absolute atomic E-state index is 10.2. The summed E-state index contributed by atoms with van der Waals surface area (Å²) in [6.45, 7) is 4.18. The number of benzene rings is 1. The molecule has 1 aromatic heterocycles. The second kappa shape index (κ2) is 5.98. The molecule has 3 rings (SSSR count). The molecule has 2 nitrogen and oxygen atoms in total. The molecule has 1 N–H and O–H groups in total. The Hall–Kier alpha value is -1.32. The molecule has 1 aliphatic rings. The van der Waals surface area contributed by atoms with Gasteiger partial charge in [-0.3, -0.25) is 0 Å². The number of hydrogen-bond acceptors (Lipinski definition) is 3. The van der Waals surface area contributed by atoms with Crippen molar-refractivity contribution >= 4 is 17.0 Å². The van der Waals surface area contributed by atoms with E-state index >= 15 is 0 Å². The lowest BCUT2D eigenvalue weighted by Crippen LogP contribution is -2.22. The summed E-state index contributed by atoms with van der Waals surface area (Å²) in [7, 11) is 0. The van der Waals surface area contributed by atoms with E-state index in [0.29, 0.717) is 0 Å². The van der Waals surface area contributed by atoms with Crippen LogP contribution in [0.3, 0.4) is 0 Å². The van der Waals surface area contributed by atoms with Crippen LogP contribution >= 0.6 is 11.3 Å². The molecule has 1 unspecified atom stereocenters. The molecule has 3 heteroatoms. The summed E-state index contributed by atoms with van der Waals surface area (Å²) in [5, 5.41) is 10.2. The summed E-state index contributed by atoms with van der Waals surface area (Å²) in [5.74, 6) is 0. The van der Waals surface area contributed by atoms with Crippen molar-refractivity contribution in [3.05, 3.63) is 51.7 Å². The first-order valence-electron chi connectivity index (χ1n) is 7.37. The van der Waals surface area contributed by atoms with Crippen molar-refractivity contribution < 1.29 is 5.11 Å². The monoisotopic (exact) mass is 287 g/mol. The SMILES string of the molecule is CCc1ccc(CN2CCCC(O)c3ccccc32)s1. The molecule has 2 aromatic rings. The number of aliphatic hydroxyl groups excluding tert-OH is 1. The summed E-state index contributed by atoms with van der Waals surface area (Å²) in [5.41, 5.74) is 2.28. The second-order valence-electron chi connectivity index (χ2n) is 5.36. The van der Waals surface area contributed by atoms with Gasteiger partial charge in [0.05, 0.1) is 12.6 Å². The Morgan fingerprint density at radius 3 is 2.80 bits per heavy atom. The maximum atomic E-state index is 10.2. The van der Waals surface area contributed by atoms with Gasteiger partial charge in [-0.25, -0.2) is 0 Å². The Balaban J connectivity index is 1.87. The van der Waals surface area contributed by atoms with E-state index in [2.05, 4.69) is 42.2 Å². The largest absolute Gasteiger partial charge is 0.388 e. The van der Waals surface area contributed by atoms with Crippen LogP contribution in [0.1, 0.15) is 41.2 Å². The van der Waals surface area contributed by atoms with Gasteiger partial charge in [-0.2, -0.15) is 0 Å². The highest BCUT2D eigenvalue weighted by atomic mass is 32.1. The van der Waals surface area contributed by atoms with Gasteiger partial charge in [0.2, 0.25) is 0 Å². The van der Waals surface area contributed by atoms with Gasteiger partial charge in [0.1, 0.15) is 0 Å². The van der Waals surface area contributed by atoms with Gasteiger partial charge >= 0.3 is 0 Å². The Kier molecular flexibility index (Phi) is 4.08. The predicted octanol–water partition coefficient (Wildman–Crippen LogP) is 4.14. The number of aliphatic hydroxyl groups is 1. The van der Waals surface area contributed by atoms with Crippen LogP contribution in [0.4, 0.5) is 5.69 Å². The van der Waals surface area contributed by atoms with Crippen LogP contribution in [0, 0.1) is 0 Å². The number of nitrogens with zero attached hydrogens (tertiary/aromatic N) is 1. The number of para-hydroxylation sites is 1. The minimum Gasteiger partial charge on any atom is -0.388 e. The van der Waals surface area contributed by atoms with Gasteiger partial charge in [0.25, 0.3) is 0 Å². The van der Waals surface area contributed by atoms with E-state index in [9.17, 15) is 5.11 Å². The molecule has 0 bridgehead atoms. The fraction of sp³-hybridized carbons (Fsp3) is 0.412. The standard InChI is InChI=1S/C17H21NOS/c1-2-13-9-10-14(20-13)12-18-11-5-8-17(19)15-6-3-4-7-16(15)18/h3-4,6-7,9-10,17,19H,2,5,8,11-12H2,1H3. The molecular formula is C17H21NOS. The molecule has 2 heterocycles. The highest BCUT2D eigenvalue weighted by Crippen LogP contribution is 2.34. The van der Waals surface area contributed by atoms with Gasteiger partial charge in [0.15, 0.2) is 0 Å². The number of anilines is 1. The third-order valence-electron chi connectivity index (χ3n) is 3.95. The van der Waals surface area contributed by atoms with Gasteiger partial charge < -0.3 is 10.0 Å². The van der Waals surface area contributed by atoms with Crippen LogP contribution in [0.15, 0.2) is 36.4 Å². The van der Waals surface area contributed by atoms with E-state index in [0.717, 1.165) is 37.9 Å². The molecule has 0 radical (unpaired) electrons. The quantitative estimate of drug-likeness (QED) is 0.917. The van der Waals surface area contributed by atoms with E-state index in [1.807, 2.05) is 17.4 Å². The van der Waals surface area contributed by atoms with Gasteiger partial charge in [-0.15, -0.1) is 11.3 Å². The third-order valence-corrected chi connectivity index (χ3v) is 5.17. The van der Waals surface area contributed by atoms with Crippen LogP contribution in [0.2, 0.25) is 0 Å². The third kappa shape index (κ3) is 2.74. The average Bonchev–Trinajstić information content (AvgIpc) is 2.87. The van der Waals surface area contributed by atoms with Crippen molar-refractivity contribution in [2.45, 2.75) is 38.8 Å². The number of fused-ring (bicyclic) bond motifs is 1. The van der Waals surface area contributed by atoms with Gasteiger partial charge in [0, 0.05) is 27.5 Å². The topological polar surface area (TPSA) is 23.5 Å². The number of hydrogen-bond donors (Lipinski definition) is 1. The summed E-state index contributed by atoms with van der Waals surface area (Å²) in [6, 6.07) is 12.8. The summed E-state index contributed by atoms with van der Waals surface area (Å²) >= 11 is 1.90. The zero-order valence-corrected chi connectivity index (χ0v) is 12.7. The van der Waals surface area contributed by atoms with Crippen molar-refractivity contribution in [2.75, 3.05) is 11.4 Å². The molecule has 1 atom stereocenters. The lowest BCUT2D eigenvalue weighted by Gasteiger charge is -2.24. The van der Waals surface area contributed by atoms with Crippen molar-refractivity contribution in [3.8, 4) is 0 Å². The van der Waals surface area contributed by atoms with Gasteiger partial charge in [-0.05, 0) is 37.5 Å². The molecule has 0 aliphatic carbocycles. The van der Waals surface area contributed by atoms with Crippen LogP contribution in [-0.2, 0) is 13.0 Å². The Labute approximate surface area is 124 Å². The van der Waals surface area contributed by atoms with E-state index < -0.39 is 0 Å². The van der Waals surface area contributed by atoms with Crippen molar-refractivity contribution in [1.82, 2.24) is 0 Å². The smallest absolute Gasteiger partial charge is 0.0810 e. The first kappa shape index (κ1) is 13.7. The Bertz CT molecular complexity index is 578. The zero-order valence-electron chi connectivity index (χ0n) is 11.9. The fourth-order valence-corrected chi connectivity index (χ4v) is 3.83. The molecule has 20 heavy (non-hydrogen) atoms. The van der Waals surface area contributed by atoms with E-state index in [-0.39, 0.29) is 6.10 Å². The number of rotatable bonds is 3. The second-order valence-corrected chi connectivity index (χ2v) is 6.61. The molecule has 1 aromatic carbocycles. The van der Waals surface area contributed by atoms with E-state index in [1.165, 1.54) is 15.4 Å². The lowest BCUT2D eigenvalue weighted by molar-refractivity contribution is 0.168. The summed E-state index contributed by atoms with van der Waals surface area (Å²) < 4.78 is 0. The maximum Gasteiger partial charge on any atom is 0.0810 e. The minimum atomic E-state index is -0.314. The summed E-state index contributed by atoms with van der Waals surface area (Å²) in [4.78, 5) is 5.27. The Morgan fingerprint density at radius 2 is 2.00 bits per heavy atom. The van der Waals surface area contributed by atoms with E-state index in [4.69, 9.17) is 0 Å². The van der Waals surface area contributed by atoms with Crippen molar-refractivity contribution in [1.29, 1.82) is 0 Å². The average molecular weight is 287 g/mol. The van der Waals surface area contributed by atoms with Crippen molar-refractivity contribution in [3.63, 3.8) is 0 Å². The molecule has 0 spiro atoms. The number of aryl methyl sites for hydroxylation is 1. The van der Waals surface area contributed by atoms with E-state index in [1.54, 1.807) is 0 Å². The van der Waals surface area contributed by atoms with Crippen molar-refractivity contribution in [2.24, 2.45) is 0 Å². The molecular weight excluding hydrogens is 266 g/mol. The van der Waals surface area contributed by atoms with Crippen LogP contribution in [0.5, 0.6) is 0 Å². The minimum absolute atomic E-state index is 0.314. The first-order chi connectivity index (χ1) is 9.78. The highest BCUT2D eigenvalue weighted by Gasteiger charge is 2.21. The lowest BCUT2D eigenvalue weighted by atomic mass is 10.0. The van der Waals surface area contributed by atoms with Gasteiger partial charge in [-0.1, -0.05) is 25.1 Å². The Morgan fingerprint density at radius 1 is 1.20 bits per heavy atom. The van der Waals surface area contributed by atoms with Crippen LogP contribution < -0.4 is 4.90 Å². The molecule has 106 valence electrons. The molecule has 1 aliphatic heterocycles. The summed E-state index contributed by atoms with van der Waals surface area (Å²) in [6.07, 6.45) is 2.70. The predicted molar refractivity (Wildman–Crippen MR) is 85.4 cm³/mol. The molecule has 0 fully saturated rings. The zero-order chi connectivity index (χ0) is 13.9. The molecule has 0 saturated heterocycles. The van der Waals surface area contributed by atoms with Crippen LogP contribution in [-0.4, -0.2) is 11.7 Å². The number of thiophene rings is 1. The molecule has 0 amide bonds. The first-order valence-corrected chi connectivity index (χ1v) is 8.19.